The average molecular weight is 1080 g/mol. The zero-order valence-corrected chi connectivity index (χ0v) is 43.5. The summed E-state index contributed by atoms with van der Waals surface area (Å²) in [7, 11) is 0. The maximum atomic E-state index is 14.8. The van der Waals surface area contributed by atoms with E-state index in [9.17, 15) is 53.4 Å². The number of aliphatic hydroxyl groups is 1. The molecule has 1 aromatic heterocycles. The molecular weight excluding hydrogens is 1010 g/mol. The summed E-state index contributed by atoms with van der Waals surface area (Å²) in [6, 6.07) is 11.8. The first-order chi connectivity index (χ1) is 35.8. The van der Waals surface area contributed by atoms with Gasteiger partial charge in [0.15, 0.2) is 0 Å². The number of phenols is 1. The van der Waals surface area contributed by atoms with Gasteiger partial charge in [0.25, 0.3) is 0 Å². The highest BCUT2D eigenvalue weighted by Crippen LogP contribution is 2.22. The Hall–Kier alpha value is -7.19. The van der Waals surface area contributed by atoms with Crippen molar-refractivity contribution in [2.45, 2.75) is 101 Å². The van der Waals surface area contributed by atoms with E-state index in [4.69, 9.17) is 17.2 Å². The van der Waals surface area contributed by atoms with Crippen molar-refractivity contribution < 1.29 is 53.4 Å². The summed E-state index contributed by atoms with van der Waals surface area (Å²) in [5.74, 6) is -7.00. The number of amides is 9. The number of unbranched alkanes of at least 4 members (excludes halogenated alkanes) is 1. The van der Waals surface area contributed by atoms with Gasteiger partial charge in [0, 0.05) is 48.9 Å². The summed E-state index contributed by atoms with van der Waals surface area (Å²) in [4.78, 5) is 124. The molecule has 0 saturated carbocycles. The Balaban J connectivity index is 1.69. The molecule has 25 heteroatoms. The molecule has 3 aromatic carbocycles. The minimum absolute atomic E-state index is 0.00172. The van der Waals surface area contributed by atoms with Gasteiger partial charge in [0.05, 0.1) is 23.9 Å². The maximum absolute atomic E-state index is 14.8. The highest BCUT2D eigenvalue weighted by molar-refractivity contribution is 7.99. The molecule has 0 aliphatic heterocycles. The molecule has 4 rings (SSSR count). The molecule has 0 spiro atoms. The zero-order chi connectivity index (χ0) is 55.0. The van der Waals surface area contributed by atoms with Gasteiger partial charge >= 0.3 is 0 Å². The lowest BCUT2D eigenvalue weighted by atomic mass is 10.0. The first-order valence-electron chi connectivity index (χ1n) is 24.0. The van der Waals surface area contributed by atoms with Crippen molar-refractivity contribution in [3.63, 3.8) is 0 Å². The van der Waals surface area contributed by atoms with Crippen molar-refractivity contribution in [3.8, 4) is 5.75 Å². The number of aromatic nitrogens is 1. The number of fused-ring (bicyclic) bond motifs is 1. The molecule has 8 atom stereocenters. The van der Waals surface area contributed by atoms with Crippen LogP contribution in [0.2, 0.25) is 0 Å². The molecular formula is C50H68N12O11S2. The van der Waals surface area contributed by atoms with Crippen molar-refractivity contribution in [1.82, 2.24) is 47.5 Å². The number of hydrogen-bond donors (Lipinski definition) is 14. The molecule has 0 saturated heterocycles. The van der Waals surface area contributed by atoms with Gasteiger partial charge in [-0.15, -0.1) is 23.5 Å². The Labute approximate surface area is 442 Å². The smallest absolute Gasteiger partial charge is 0.247 e. The Morgan fingerprint density at radius 2 is 1.16 bits per heavy atom. The van der Waals surface area contributed by atoms with Crippen LogP contribution >= 0.6 is 23.5 Å². The van der Waals surface area contributed by atoms with E-state index >= 15 is 0 Å². The molecule has 406 valence electrons. The lowest BCUT2D eigenvalue weighted by molar-refractivity contribution is -0.135. The molecule has 17 N–H and O–H groups in total. The monoisotopic (exact) mass is 1080 g/mol. The summed E-state index contributed by atoms with van der Waals surface area (Å²) in [5, 5.41) is 42.1. The first kappa shape index (κ1) is 60.4. The number of rotatable bonds is 31. The van der Waals surface area contributed by atoms with Crippen LogP contribution in [0, 0.1) is 0 Å². The molecule has 0 aliphatic carbocycles. The van der Waals surface area contributed by atoms with Crippen LogP contribution in [0.1, 0.15) is 62.8 Å². The van der Waals surface area contributed by atoms with Gasteiger partial charge in [-0.05, 0) is 74.0 Å². The highest BCUT2D eigenvalue weighted by Gasteiger charge is 2.35. The standard InChI is InChI=1S/C50H68N12O11S2/c1-28(63)42(44(53)67)61-48(71)41(25-75-27-56-30(3)65)60-46(69)38(15-9-10-20-51)57-47(70)39(22-33-23-54-37-14-8-7-13-35(33)37)58-50(73)43(32-16-18-34(66)19-17-32)62-49(72)40(24-74-26-55-29(2)64)59-45(68)36(52)21-31-11-5-4-6-12-31/h4-8,11-14,16-19,23,28,36,38-43,54,63,66H,9-10,15,20-22,24-27,51-52H2,1-3H3,(H2,53,67)(H,55,64)(H,56,65)(H,57,70)(H,58,73)(H,59,68)(H,60,69)(H,61,71)(H,62,72)/t28-,36-,38+,39+,40+,41+,42+,43+/m1/s1. The molecule has 75 heavy (non-hydrogen) atoms. The van der Waals surface area contributed by atoms with Gasteiger partial charge in [-0.2, -0.15) is 0 Å². The fourth-order valence-corrected chi connectivity index (χ4v) is 9.24. The average Bonchev–Trinajstić information content (AvgIpc) is 3.78. The van der Waals surface area contributed by atoms with Crippen LogP contribution in [-0.4, -0.2) is 141 Å². The first-order valence-corrected chi connectivity index (χ1v) is 26.4. The van der Waals surface area contributed by atoms with Crippen molar-refractivity contribution in [2.75, 3.05) is 29.8 Å². The number of aromatic hydroxyl groups is 1. The van der Waals surface area contributed by atoms with Gasteiger partial charge in [0.1, 0.15) is 42.0 Å². The lowest BCUT2D eigenvalue weighted by Gasteiger charge is -2.28. The van der Waals surface area contributed by atoms with E-state index in [2.05, 4.69) is 47.5 Å². The summed E-state index contributed by atoms with van der Waals surface area (Å²) in [6.07, 6.45) is 0.991. The summed E-state index contributed by atoms with van der Waals surface area (Å²) < 4.78 is 0. The third-order valence-electron chi connectivity index (χ3n) is 11.5. The number of nitrogens with two attached hydrogens (primary N) is 3. The topological polar surface area (TPSA) is 384 Å². The SMILES string of the molecule is CC(=O)NCSC[C@H](NC(=O)[C@H](N)Cc1ccccc1)C(=O)N[C@H](C(=O)N[C@@H](Cc1c[nH]c2ccccc12)C(=O)N[C@@H](CCCCN)C(=O)N[C@@H](CSCNC(C)=O)C(=O)N[C@H](C(N)=O)[C@@H](C)O)c1ccc(O)cc1. The Morgan fingerprint density at radius 1 is 0.627 bits per heavy atom. The van der Waals surface area contributed by atoms with E-state index in [1.165, 1.54) is 45.0 Å². The Morgan fingerprint density at radius 3 is 1.75 bits per heavy atom. The number of aromatic amines is 1. The van der Waals surface area contributed by atoms with E-state index in [-0.39, 0.29) is 72.2 Å². The number of benzene rings is 3. The second-order valence-electron chi connectivity index (χ2n) is 17.5. The number of primary amides is 1. The van der Waals surface area contributed by atoms with E-state index in [1.807, 2.05) is 12.1 Å². The summed E-state index contributed by atoms with van der Waals surface area (Å²) in [5.41, 5.74) is 19.7. The van der Waals surface area contributed by atoms with E-state index in [0.717, 1.165) is 29.1 Å². The predicted octanol–water partition coefficient (Wildman–Crippen LogP) is -1.08. The van der Waals surface area contributed by atoms with Gasteiger partial charge in [0.2, 0.25) is 53.2 Å². The van der Waals surface area contributed by atoms with Crippen LogP contribution in [0.5, 0.6) is 5.75 Å². The van der Waals surface area contributed by atoms with Crippen LogP contribution in [0.15, 0.2) is 85.1 Å². The third kappa shape index (κ3) is 20.2. The molecule has 9 amide bonds. The lowest BCUT2D eigenvalue weighted by Crippen LogP contribution is -2.60. The largest absolute Gasteiger partial charge is 0.508 e. The van der Waals surface area contributed by atoms with Crippen molar-refractivity contribution in [2.24, 2.45) is 17.2 Å². The maximum Gasteiger partial charge on any atom is 0.247 e. The number of aliphatic hydroxyl groups excluding tert-OH is 1. The molecule has 4 aromatic rings. The van der Waals surface area contributed by atoms with Crippen LogP contribution in [0.25, 0.3) is 10.9 Å². The second kappa shape index (κ2) is 30.9. The highest BCUT2D eigenvalue weighted by atomic mass is 32.2. The molecule has 23 nitrogen and oxygen atoms in total. The number of phenolic OH excluding ortho intramolecular Hbond substituents is 1. The molecule has 0 radical (unpaired) electrons. The van der Waals surface area contributed by atoms with Crippen LogP contribution in [-0.2, 0) is 56.0 Å². The Bertz CT molecular complexity index is 2570. The second-order valence-corrected chi connectivity index (χ2v) is 19.6. The number of carbonyl (C=O) groups is 9. The number of nitrogens with one attached hydrogen (secondary N) is 9. The van der Waals surface area contributed by atoms with Crippen LogP contribution in [0.3, 0.4) is 0 Å². The number of thioether (sulfide) groups is 2. The predicted molar refractivity (Wildman–Crippen MR) is 285 cm³/mol. The molecule has 0 bridgehead atoms. The minimum atomic E-state index is -1.57. The number of para-hydroxylation sites is 1. The number of hydrogen-bond acceptors (Lipinski definition) is 15. The molecule has 0 unspecified atom stereocenters. The minimum Gasteiger partial charge on any atom is -0.508 e. The van der Waals surface area contributed by atoms with E-state index in [0.29, 0.717) is 29.3 Å². The summed E-state index contributed by atoms with van der Waals surface area (Å²) >= 11 is 2.17. The molecule has 1 heterocycles. The molecule has 0 aliphatic rings. The fraction of sp³-hybridized carbons (Fsp3) is 0.420. The van der Waals surface area contributed by atoms with E-state index in [1.54, 1.807) is 48.7 Å². The van der Waals surface area contributed by atoms with Crippen molar-refractivity contribution >= 4 is 87.6 Å². The number of carbonyl (C=O) groups excluding carboxylic acids is 9. The van der Waals surface area contributed by atoms with Crippen LogP contribution in [0.4, 0.5) is 0 Å². The van der Waals surface area contributed by atoms with Gasteiger partial charge in [-0.25, -0.2) is 0 Å². The zero-order valence-electron chi connectivity index (χ0n) is 41.9. The fourth-order valence-electron chi connectivity index (χ4n) is 7.45. The normalized spacial score (nSPS) is 14.3. The number of H-pyrrole nitrogens is 1. The van der Waals surface area contributed by atoms with Gasteiger partial charge in [-0.3, -0.25) is 43.2 Å². The van der Waals surface area contributed by atoms with E-state index < -0.39 is 89.7 Å². The molecule has 0 fully saturated rings. The van der Waals surface area contributed by atoms with Crippen molar-refractivity contribution in [3.05, 3.63) is 102 Å². The van der Waals surface area contributed by atoms with Gasteiger partial charge in [-0.1, -0.05) is 60.7 Å². The van der Waals surface area contributed by atoms with Crippen molar-refractivity contribution in [1.29, 1.82) is 0 Å². The van der Waals surface area contributed by atoms with Crippen LogP contribution < -0.4 is 59.7 Å². The Kier molecular flexibility index (Phi) is 24.8. The quantitative estimate of drug-likeness (QED) is 0.0211. The van der Waals surface area contributed by atoms with Gasteiger partial charge < -0.3 is 74.9 Å². The third-order valence-corrected chi connectivity index (χ3v) is 13.3. The summed E-state index contributed by atoms with van der Waals surface area (Å²) in [6.45, 7) is 4.09.